The summed E-state index contributed by atoms with van der Waals surface area (Å²) in [5.74, 6) is -0.437. The van der Waals surface area contributed by atoms with Crippen molar-refractivity contribution in [2.75, 3.05) is 37.8 Å². The van der Waals surface area contributed by atoms with Gasteiger partial charge in [-0.2, -0.15) is 0 Å². The van der Waals surface area contributed by atoms with Gasteiger partial charge < -0.3 is 4.90 Å². The van der Waals surface area contributed by atoms with E-state index < -0.39 is 9.84 Å². The van der Waals surface area contributed by atoms with Gasteiger partial charge in [-0.1, -0.05) is 35.1 Å². The van der Waals surface area contributed by atoms with Gasteiger partial charge in [0.25, 0.3) is 0 Å². The predicted octanol–water partition coefficient (Wildman–Crippen LogP) is 4.48. The molecule has 2 aromatic carbocycles. The molecule has 0 N–H and O–H groups in total. The second kappa shape index (κ2) is 11.2. The van der Waals surface area contributed by atoms with Crippen molar-refractivity contribution in [3.8, 4) is 0 Å². The molecular formula is C23H30ClN3O3S2. The number of sulfone groups is 1. The number of aromatic nitrogens is 1. The number of hydrogen-bond donors (Lipinski definition) is 0. The molecule has 1 aromatic heterocycles. The summed E-state index contributed by atoms with van der Waals surface area (Å²) in [6.07, 6.45) is 0.700. The smallest absolute Gasteiger partial charge is 0.229 e. The molecule has 0 fully saturated rings. The van der Waals surface area contributed by atoms with E-state index in [9.17, 15) is 13.2 Å². The third kappa shape index (κ3) is 6.75. The molecule has 6 nitrogen and oxygen atoms in total. The monoisotopic (exact) mass is 495 g/mol. The maximum atomic E-state index is 13.1. The summed E-state index contributed by atoms with van der Waals surface area (Å²) in [5.41, 5.74) is 2.98. The zero-order chi connectivity index (χ0) is 22.6. The minimum absolute atomic E-state index is 0. The van der Waals surface area contributed by atoms with E-state index in [-0.39, 0.29) is 35.4 Å². The average Bonchev–Trinajstić information content (AvgIpc) is 3.12. The van der Waals surface area contributed by atoms with Crippen LogP contribution in [0.15, 0.2) is 47.4 Å². The van der Waals surface area contributed by atoms with Gasteiger partial charge in [0.1, 0.15) is 0 Å². The highest BCUT2D eigenvalue weighted by molar-refractivity contribution is 7.91. The van der Waals surface area contributed by atoms with Crippen molar-refractivity contribution in [3.63, 3.8) is 0 Å². The third-order valence-corrected chi connectivity index (χ3v) is 7.79. The van der Waals surface area contributed by atoms with E-state index >= 15 is 0 Å². The standard InChI is InChI=1S/C23H29N3O3S2.ClH/c1-17-6-9-19(10-7-17)31(28,29)15-12-22(27)26(14-5-13-25(3)4)23-24-20-11-8-18(2)16-21(20)30-23;/h6-11,16H,5,12-15H2,1-4H3;1H. The molecule has 9 heteroatoms. The summed E-state index contributed by atoms with van der Waals surface area (Å²) in [6, 6.07) is 12.7. The Kier molecular flexibility index (Phi) is 9.21. The minimum Gasteiger partial charge on any atom is -0.309 e. The molecule has 0 aliphatic heterocycles. The normalized spacial score (nSPS) is 11.5. The Morgan fingerprint density at radius 1 is 1.00 bits per heavy atom. The number of benzene rings is 2. The van der Waals surface area contributed by atoms with Gasteiger partial charge in [0.15, 0.2) is 15.0 Å². The van der Waals surface area contributed by atoms with E-state index in [1.807, 2.05) is 40.1 Å². The van der Waals surface area contributed by atoms with Crippen molar-refractivity contribution in [1.82, 2.24) is 9.88 Å². The molecule has 1 amide bonds. The van der Waals surface area contributed by atoms with E-state index in [4.69, 9.17) is 0 Å². The van der Waals surface area contributed by atoms with Crippen LogP contribution >= 0.6 is 23.7 Å². The number of aryl methyl sites for hydroxylation is 2. The number of hydrogen-bond acceptors (Lipinski definition) is 6. The van der Waals surface area contributed by atoms with E-state index in [0.717, 1.165) is 34.3 Å². The van der Waals surface area contributed by atoms with E-state index in [1.54, 1.807) is 29.2 Å². The van der Waals surface area contributed by atoms with Crippen LogP contribution in [0.25, 0.3) is 10.2 Å². The topological polar surface area (TPSA) is 70.6 Å². The van der Waals surface area contributed by atoms with E-state index in [1.165, 1.54) is 11.3 Å². The molecule has 174 valence electrons. The van der Waals surface area contributed by atoms with Gasteiger partial charge >= 0.3 is 0 Å². The number of carbonyl (C=O) groups is 1. The number of nitrogens with zero attached hydrogens (tertiary/aromatic N) is 3. The molecular weight excluding hydrogens is 466 g/mol. The number of rotatable bonds is 9. The first-order valence-electron chi connectivity index (χ1n) is 10.3. The van der Waals surface area contributed by atoms with Crippen LogP contribution in [0.3, 0.4) is 0 Å². The molecule has 32 heavy (non-hydrogen) atoms. The van der Waals surface area contributed by atoms with E-state index in [0.29, 0.717) is 11.7 Å². The van der Waals surface area contributed by atoms with Gasteiger partial charge in [-0.3, -0.25) is 9.69 Å². The summed E-state index contributed by atoms with van der Waals surface area (Å²) in [5, 5.41) is 0.622. The van der Waals surface area contributed by atoms with Crippen LogP contribution in [0.5, 0.6) is 0 Å². The summed E-state index contributed by atoms with van der Waals surface area (Å²) in [4.78, 5) is 21.7. The molecule has 0 saturated heterocycles. The van der Waals surface area contributed by atoms with Crippen LogP contribution in [0, 0.1) is 13.8 Å². The number of anilines is 1. The van der Waals surface area contributed by atoms with Crippen LogP contribution in [-0.4, -0.2) is 57.1 Å². The second-order valence-corrected chi connectivity index (χ2v) is 11.2. The molecule has 0 aliphatic carbocycles. The largest absolute Gasteiger partial charge is 0.309 e. The predicted molar refractivity (Wildman–Crippen MR) is 135 cm³/mol. The maximum Gasteiger partial charge on any atom is 0.229 e. The highest BCUT2D eigenvalue weighted by atomic mass is 35.5. The zero-order valence-electron chi connectivity index (χ0n) is 18.9. The first-order chi connectivity index (χ1) is 14.7. The Bertz CT molecular complexity index is 1160. The van der Waals surface area contributed by atoms with Crippen LogP contribution < -0.4 is 4.90 Å². The minimum atomic E-state index is -3.52. The SMILES string of the molecule is Cc1ccc(S(=O)(=O)CCC(=O)N(CCCN(C)C)c2nc3ccc(C)cc3s2)cc1.Cl. The Balaban J connectivity index is 0.00000363. The molecule has 0 atom stereocenters. The summed E-state index contributed by atoms with van der Waals surface area (Å²) in [7, 11) is 0.449. The van der Waals surface area contributed by atoms with Crippen LogP contribution in [0.1, 0.15) is 24.0 Å². The summed E-state index contributed by atoms with van der Waals surface area (Å²) >= 11 is 1.47. The van der Waals surface area contributed by atoms with Crippen LogP contribution in [0.2, 0.25) is 0 Å². The Hall–Kier alpha value is -2.00. The molecule has 1 heterocycles. The highest BCUT2D eigenvalue weighted by Crippen LogP contribution is 2.30. The number of amides is 1. The molecule has 0 bridgehead atoms. The van der Waals surface area contributed by atoms with Crippen molar-refractivity contribution in [2.45, 2.75) is 31.6 Å². The highest BCUT2D eigenvalue weighted by Gasteiger charge is 2.23. The molecule has 3 aromatic rings. The molecule has 0 radical (unpaired) electrons. The Morgan fingerprint density at radius 3 is 2.31 bits per heavy atom. The van der Waals surface area contributed by atoms with Crippen LogP contribution in [-0.2, 0) is 14.6 Å². The van der Waals surface area contributed by atoms with Gasteiger partial charge in [0.2, 0.25) is 5.91 Å². The van der Waals surface area contributed by atoms with Gasteiger partial charge in [0.05, 0.1) is 20.9 Å². The first kappa shape index (κ1) is 26.3. The summed E-state index contributed by atoms with van der Waals surface area (Å²) in [6.45, 7) is 5.26. The van der Waals surface area contributed by atoms with Crippen molar-refractivity contribution in [1.29, 1.82) is 0 Å². The lowest BCUT2D eigenvalue weighted by molar-refractivity contribution is -0.118. The van der Waals surface area contributed by atoms with Crippen molar-refractivity contribution < 1.29 is 13.2 Å². The quantitative estimate of drug-likeness (QED) is 0.437. The molecule has 0 aliphatic rings. The number of thiazole rings is 1. The lowest BCUT2D eigenvalue weighted by atomic mass is 10.2. The molecule has 3 rings (SSSR count). The van der Waals surface area contributed by atoms with Crippen molar-refractivity contribution in [3.05, 3.63) is 53.6 Å². The molecule has 0 saturated carbocycles. The van der Waals surface area contributed by atoms with Crippen molar-refractivity contribution in [2.24, 2.45) is 0 Å². The van der Waals surface area contributed by atoms with E-state index in [2.05, 4.69) is 16.0 Å². The molecule has 0 unspecified atom stereocenters. The fourth-order valence-electron chi connectivity index (χ4n) is 3.23. The fraction of sp³-hybridized carbons (Fsp3) is 0.391. The van der Waals surface area contributed by atoms with Gasteiger partial charge in [0, 0.05) is 13.0 Å². The third-order valence-electron chi connectivity index (χ3n) is 5.02. The summed E-state index contributed by atoms with van der Waals surface area (Å²) < 4.78 is 26.4. The zero-order valence-corrected chi connectivity index (χ0v) is 21.3. The number of halogens is 1. The second-order valence-electron chi connectivity index (χ2n) is 8.05. The Morgan fingerprint density at radius 2 is 1.66 bits per heavy atom. The van der Waals surface area contributed by atoms with Gasteiger partial charge in [-0.15, -0.1) is 12.4 Å². The van der Waals surface area contributed by atoms with Gasteiger partial charge in [-0.05, 0) is 70.7 Å². The van der Waals surface area contributed by atoms with Crippen molar-refractivity contribution >= 4 is 54.8 Å². The number of carbonyl (C=O) groups excluding carboxylic acids is 1. The Labute approximate surface area is 200 Å². The average molecular weight is 496 g/mol. The number of fused-ring (bicyclic) bond motifs is 1. The lowest BCUT2D eigenvalue weighted by Crippen LogP contribution is -2.34. The first-order valence-corrected chi connectivity index (χ1v) is 12.7. The molecule has 0 spiro atoms. The lowest BCUT2D eigenvalue weighted by Gasteiger charge is -2.21. The fourth-order valence-corrected chi connectivity index (χ4v) is 5.56. The maximum absolute atomic E-state index is 13.1. The van der Waals surface area contributed by atoms with Crippen LogP contribution in [0.4, 0.5) is 5.13 Å². The van der Waals surface area contributed by atoms with Gasteiger partial charge in [-0.25, -0.2) is 13.4 Å².